The summed E-state index contributed by atoms with van der Waals surface area (Å²) in [7, 11) is 1.82. The van der Waals surface area contributed by atoms with Gasteiger partial charge < -0.3 is 23.7 Å². The molecule has 0 spiro atoms. The third-order valence-corrected chi connectivity index (χ3v) is 3.83. The fourth-order valence-electron chi connectivity index (χ4n) is 2.73. The van der Waals surface area contributed by atoms with Gasteiger partial charge in [-0.2, -0.15) is 0 Å². The van der Waals surface area contributed by atoms with Gasteiger partial charge in [-0.3, -0.25) is 24.1 Å². The third-order valence-electron chi connectivity index (χ3n) is 3.83. The van der Waals surface area contributed by atoms with Crippen molar-refractivity contribution in [2.75, 3.05) is 26.7 Å². The number of carbonyl (C=O) groups excluding carboxylic acids is 4. The lowest BCUT2D eigenvalue weighted by atomic mass is 10.0. The van der Waals surface area contributed by atoms with Crippen molar-refractivity contribution in [1.82, 2.24) is 4.90 Å². The van der Waals surface area contributed by atoms with E-state index in [9.17, 15) is 19.2 Å². The van der Waals surface area contributed by atoms with Crippen molar-refractivity contribution in [2.24, 2.45) is 0 Å². The highest BCUT2D eigenvalue weighted by atomic mass is 16.7. The van der Waals surface area contributed by atoms with Gasteiger partial charge in [0.05, 0.1) is 13.2 Å². The summed E-state index contributed by atoms with van der Waals surface area (Å²) in [6, 6.07) is 0. The minimum Gasteiger partial charge on any atom is -0.456 e. The van der Waals surface area contributed by atoms with Gasteiger partial charge in [-0.05, 0) is 20.0 Å². The Morgan fingerprint density at radius 3 is 2.14 bits per heavy atom. The molecule has 0 radical (unpaired) electrons. The lowest BCUT2D eigenvalue weighted by Crippen LogP contribution is -2.58. The molecule has 4 unspecified atom stereocenters. The molecule has 1 heterocycles. The number of carbonyl (C=O) groups is 4. The average molecular weight is 413 g/mol. The van der Waals surface area contributed by atoms with Crippen molar-refractivity contribution in [1.29, 1.82) is 0 Å². The number of hydrogen-bond donors (Lipinski definition) is 0. The molecule has 0 aliphatic carbocycles. The fraction of sp³-hybridized carbons (Fsp3) is 0.684. The van der Waals surface area contributed by atoms with E-state index in [1.165, 1.54) is 6.92 Å². The van der Waals surface area contributed by atoms with Crippen molar-refractivity contribution < 1.29 is 42.9 Å². The first kappa shape index (κ1) is 24.4. The van der Waals surface area contributed by atoms with Crippen LogP contribution < -0.4 is 0 Å². The Morgan fingerprint density at radius 2 is 1.59 bits per heavy atom. The number of ether oxygens (including phenoxy) is 5. The second kappa shape index (κ2) is 12.0. The normalized spacial score (nSPS) is 23.6. The molecule has 1 rings (SSSR count). The van der Waals surface area contributed by atoms with Crippen LogP contribution in [-0.4, -0.2) is 80.1 Å². The zero-order chi connectivity index (χ0) is 22.0. The largest absolute Gasteiger partial charge is 0.456 e. The van der Waals surface area contributed by atoms with Gasteiger partial charge in [0, 0.05) is 27.2 Å². The molecule has 0 aromatic rings. The number of terminal acetylenes is 1. The highest BCUT2D eigenvalue weighted by Gasteiger charge is 2.48. The summed E-state index contributed by atoms with van der Waals surface area (Å²) in [6.07, 6.45) is 0.978. The molecule has 10 heteroatoms. The highest BCUT2D eigenvalue weighted by molar-refractivity contribution is 5.70. The first-order chi connectivity index (χ1) is 13.6. The van der Waals surface area contributed by atoms with Gasteiger partial charge in [0.2, 0.25) is 12.4 Å². The molecule has 1 saturated heterocycles. The van der Waals surface area contributed by atoms with Crippen LogP contribution in [0.15, 0.2) is 0 Å². The van der Waals surface area contributed by atoms with Crippen molar-refractivity contribution in [3.63, 3.8) is 0 Å². The van der Waals surface area contributed by atoms with Crippen LogP contribution in [0.5, 0.6) is 0 Å². The molecule has 1 aliphatic heterocycles. The predicted molar refractivity (Wildman–Crippen MR) is 98.1 cm³/mol. The van der Waals surface area contributed by atoms with Crippen LogP contribution >= 0.6 is 0 Å². The van der Waals surface area contributed by atoms with E-state index in [0.717, 1.165) is 13.8 Å². The second-order valence-electron chi connectivity index (χ2n) is 6.53. The Labute approximate surface area is 169 Å². The molecule has 4 atom stereocenters. The molecule has 0 N–H and O–H groups in total. The average Bonchev–Trinajstić information content (AvgIpc) is 2.59. The molecule has 0 bridgehead atoms. The van der Waals surface area contributed by atoms with Gasteiger partial charge in [-0.25, -0.2) is 0 Å². The Kier molecular flexibility index (Phi) is 10.1. The van der Waals surface area contributed by atoms with Crippen LogP contribution in [-0.2, 0) is 42.9 Å². The summed E-state index contributed by atoms with van der Waals surface area (Å²) in [5.74, 6) is -0.126. The van der Waals surface area contributed by atoms with Gasteiger partial charge in [-0.1, -0.05) is 5.92 Å². The van der Waals surface area contributed by atoms with E-state index in [2.05, 4.69) is 5.92 Å². The van der Waals surface area contributed by atoms with Crippen LogP contribution in [0.3, 0.4) is 0 Å². The van der Waals surface area contributed by atoms with E-state index < -0.39 is 48.5 Å². The standard InChI is InChI=1S/C19H27NO9/c1-6-9-20(5)10-7-8-16(24)29-19-18(28-14(4)23)17(27-13(3)22)15(11-25-19)26-12(2)21/h1,15,17-19H,7-11H2,2-5H3. The summed E-state index contributed by atoms with van der Waals surface area (Å²) in [4.78, 5) is 48.4. The maximum atomic E-state index is 12.2. The third kappa shape index (κ3) is 8.93. The van der Waals surface area contributed by atoms with Crippen molar-refractivity contribution in [3.05, 3.63) is 0 Å². The molecule has 10 nitrogen and oxygen atoms in total. The fourth-order valence-corrected chi connectivity index (χ4v) is 2.73. The van der Waals surface area contributed by atoms with E-state index in [4.69, 9.17) is 30.1 Å². The molecule has 0 amide bonds. The molecular formula is C19H27NO9. The molecule has 0 aromatic carbocycles. The molecular weight excluding hydrogens is 386 g/mol. The zero-order valence-corrected chi connectivity index (χ0v) is 17.0. The minimum absolute atomic E-state index is 0.0766. The number of esters is 4. The Bertz CT molecular complexity index is 642. The monoisotopic (exact) mass is 413 g/mol. The van der Waals surface area contributed by atoms with E-state index >= 15 is 0 Å². The molecule has 1 aliphatic rings. The first-order valence-electron chi connectivity index (χ1n) is 9.08. The second-order valence-corrected chi connectivity index (χ2v) is 6.53. The van der Waals surface area contributed by atoms with Crippen molar-refractivity contribution in [3.8, 4) is 12.3 Å². The number of nitrogens with zero attached hydrogens (tertiary/aromatic N) is 1. The summed E-state index contributed by atoms with van der Waals surface area (Å²) < 4.78 is 26.1. The maximum absolute atomic E-state index is 12.2. The minimum atomic E-state index is -1.31. The van der Waals surface area contributed by atoms with E-state index in [-0.39, 0.29) is 13.0 Å². The van der Waals surface area contributed by atoms with Crippen molar-refractivity contribution in [2.45, 2.75) is 58.2 Å². The maximum Gasteiger partial charge on any atom is 0.308 e. The van der Waals surface area contributed by atoms with Crippen LogP contribution in [0.1, 0.15) is 33.6 Å². The van der Waals surface area contributed by atoms with Crippen LogP contribution in [0.4, 0.5) is 0 Å². The number of hydrogen-bond acceptors (Lipinski definition) is 10. The highest BCUT2D eigenvalue weighted by Crippen LogP contribution is 2.25. The first-order valence-corrected chi connectivity index (χ1v) is 9.08. The predicted octanol–water partition coefficient (Wildman–Crippen LogP) is 0.0262. The Hall–Kier alpha value is -2.64. The molecule has 29 heavy (non-hydrogen) atoms. The van der Waals surface area contributed by atoms with E-state index in [1.807, 2.05) is 11.9 Å². The lowest BCUT2D eigenvalue weighted by molar-refractivity contribution is -0.274. The molecule has 0 aromatic heterocycles. The van der Waals surface area contributed by atoms with Gasteiger partial charge >= 0.3 is 23.9 Å². The SMILES string of the molecule is C#CCN(C)CCCC(=O)OC1OCC(OC(C)=O)C(OC(C)=O)C1OC(C)=O. The van der Waals surface area contributed by atoms with E-state index in [1.54, 1.807) is 0 Å². The quantitative estimate of drug-likeness (QED) is 0.291. The van der Waals surface area contributed by atoms with Gasteiger partial charge in [0.1, 0.15) is 0 Å². The Balaban J connectivity index is 2.82. The summed E-state index contributed by atoms with van der Waals surface area (Å²) in [5.41, 5.74) is 0. The van der Waals surface area contributed by atoms with Crippen molar-refractivity contribution >= 4 is 23.9 Å². The summed E-state index contributed by atoms with van der Waals surface area (Å²) >= 11 is 0. The van der Waals surface area contributed by atoms with E-state index in [0.29, 0.717) is 19.5 Å². The summed E-state index contributed by atoms with van der Waals surface area (Å²) in [6.45, 7) is 4.30. The van der Waals surface area contributed by atoms with Gasteiger partial charge in [0.25, 0.3) is 0 Å². The van der Waals surface area contributed by atoms with Crippen LogP contribution in [0.25, 0.3) is 0 Å². The molecule has 1 fully saturated rings. The van der Waals surface area contributed by atoms with Gasteiger partial charge in [0.15, 0.2) is 12.2 Å². The van der Waals surface area contributed by atoms with Crippen LogP contribution in [0.2, 0.25) is 0 Å². The Morgan fingerprint density at radius 1 is 1.00 bits per heavy atom. The van der Waals surface area contributed by atoms with Crippen LogP contribution in [0, 0.1) is 12.3 Å². The lowest BCUT2D eigenvalue weighted by Gasteiger charge is -2.39. The number of rotatable bonds is 9. The smallest absolute Gasteiger partial charge is 0.308 e. The van der Waals surface area contributed by atoms with Gasteiger partial charge in [-0.15, -0.1) is 6.42 Å². The zero-order valence-electron chi connectivity index (χ0n) is 17.0. The topological polar surface area (TPSA) is 118 Å². The molecule has 162 valence electrons. The molecule has 0 saturated carbocycles. The summed E-state index contributed by atoms with van der Waals surface area (Å²) in [5, 5.41) is 0.